The molecule has 3 heteroatoms. The molecule has 136 valence electrons. The average molecular weight is 384 g/mol. The second-order valence-corrected chi connectivity index (χ2v) is 6.87. The Morgan fingerprint density at radius 2 is 1.43 bits per heavy atom. The van der Waals surface area contributed by atoms with Gasteiger partial charge < -0.3 is 5.32 Å². The first-order valence-corrected chi connectivity index (χ1v) is 9.40. The molecule has 28 heavy (non-hydrogen) atoms. The maximum Gasteiger partial charge on any atom is 0.256 e. The SMILES string of the molecule is O=C(Nc1ccc2ccccc2c1)/C(=C/c1ccccc1Cl)c1ccccc1. The number of anilines is 1. The van der Waals surface area contributed by atoms with Crippen molar-refractivity contribution < 1.29 is 4.79 Å². The number of fused-ring (bicyclic) bond motifs is 1. The van der Waals surface area contributed by atoms with Crippen LogP contribution in [0.25, 0.3) is 22.4 Å². The van der Waals surface area contributed by atoms with E-state index < -0.39 is 0 Å². The van der Waals surface area contributed by atoms with Gasteiger partial charge in [0.1, 0.15) is 0 Å². The van der Waals surface area contributed by atoms with Gasteiger partial charge in [-0.25, -0.2) is 0 Å². The third-order valence-corrected chi connectivity index (χ3v) is 4.89. The average Bonchev–Trinajstić information content (AvgIpc) is 2.73. The molecule has 0 aliphatic heterocycles. The third-order valence-electron chi connectivity index (χ3n) is 4.54. The summed E-state index contributed by atoms with van der Waals surface area (Å²) in [5, 5.41) is 5.84. The van der Waals surface area contributed by atoms with Crippen LogP contribution in [0.4, 0.5) is 5.69 Å². The van der Waals surface area contributed by atoms with Gasteiger partial charge in [0.2, 0.25) is 0 Å². The van der Waals surface area contributed by atoms with Crippen molar-refractivity contribution in [2.45, 2.75) is 0 Å². The van der Waals surface area contributed by atoms with Gasteiger partial charge in [-0.2, -0.15) is 0 Å². The molecule has 0 bridgehead atoms. The van der Waals surface area contributed by atoms with Gasteiger partial charge >= 0.3 is 0 Å². The molecule has 0 radical (unpaired) electrons. The van der Waals surface area contributed by atoms with Crippen molar-refractivity contribution in [3.05, 3.63) is 113 Å². The van der Waals surface area contributed by atoms with Crippen molar-refractivity contribution in [3.8, 4) is 0 Å². The van der Waals surface area contributed by atoms with Crippen molar-refractivity contribution >= 4 is 45.6 Å². The molecular formula is C25H18ClNO. The molecule has 0 heterocycles. The molecule has 4 aromatic carbocycles. The van der Waals surface area contributed by atoms with Crippen molar-refractivity contribution in [2.75, 3.05) is 5.32 Å². The number of halogens is 1. The molecule has 2 nitrogen and oxygen atoms in total. The molecule has 0 aromatic heterocycles. The first-order valence-electron chi connectivity index (χ1n) is 9.02. The Morgan fingerprint density at radius 1 is 0.750 bits per heavy atom. The zero-order valence-corrected chi connectivity index (χ0v) is 15.9. The van der Waals surface area contributed by atoms with Crippen LogP contribution < -0.4 is 5.32 Å². The maximum absolute atomic E-state index is 13.1. The molecule has 0 saturated heterocycles. The number of benzene rings is 4. The molecule has 0 fully saturated rings. The fourth-order valence-corrected chi connectivity index (χ4v) is 3.30. The number of carbonyl (C=O) groups excluding carboxylic acids is 1. The van der Waals surface area contributed by atoms with E-state index in [1.54, 1.807) is 0 Å². The van der Waals surface area contributed by atoms with Crippen LogP contribution in [-0.4, -0.2) is 5.91 Å². The van der Waals surface area contributed by atoms with Crippen LogP contribution in [0.3, 0.4) is 0 Å². The van der Waals surface area contributed by atoms with E-state index in [2.05, 4.69) is 5.32 Å². The number of rotatable bonds is 4. The molecule has 0 spiro atoms. The Labute approximate surface area is 169 Å². The van der Waals surface area contributed by atoms with Crippen molar-refractivity contribution in [2.24, 2.45) is 0 Å². The monoisotopic (exact) mass is 383 g/mol. The van der Waals surface area contributed by atoms with Gasteiger partial charge in [0.25, 0.3) is 5.91 Å². The normalized spacial score (nSPS) is 11.4. The van der Waals surface area contributed by atoms with Crippen LogP contribution in [-0.2, 0) is 4.79 Å². The summed E-state index contributed by atoms with van der Waals surface area (Å²) < 4.78 is 0. The van der Waals surface area contributed by atoms with E-state index in [0.29, 0.717) is 10.6 Å². The summed E-state index contributed by atoms with van der Waals surface area (Å²) in [5.74, 6) is -0.179. The highest BCUT2D eigenvalue weighted by Crippen LogP contribution is 2.25. The summed E-state index contributed by atoms with van der Waals surface area (Å²) in [6.07, 6.45) is 1.83. The Morgan fingerprint density at radius 3 is 2.21 bits per heavy atom. The first kappa shape index (κ1) is 18.0. The second-order valence-electron chi connectivity index (χ2n) is 6.46. The zero-order valence-electron chi connectivity index (χ0n) is 15.1. The lowest BCUT2D eigenvalue weighted by molar-refractivity contribution is -0.111. The van der Waals surface area contributed by atoms with Crippen LogP contribution >= 0.6 is 11.6 Å². The summed E-state index contributed by atoms with van der Waals surface area (Å²) in [7, 11) is 0. The molecule has 0 saturated carbocycles. The van der Waals surface area contributed by atoms with E-state index in [-0.39, 0.29) is 5.91 Å². The van der Waals surface area contributed by atoms with E-state index in [0.717, 1.165) is 27.6 Å². The van der Waals surface area contributed by atoms with Crippen LogP contribution in [0.2, 0.25) is 5.02 Å². The molecule has 0 atom stereocenters. The highest BCUT2D eigenvalue weighted by molar-refractivity contribution is 6.34. The Kier molecular flexibility index (Phi) is 5.22. The number of hydrogen-bond acceptors (Lipinski definition) is 1. The minimum atomic E-state index is -0.179. The fourth-order valence-electron chi connectivity index (χ4n) is 3.11. The number of carbonyl (C=O) groups is 1. The molecule has 4 rings (SSSR count). The van der Waals surface area contributed by atoms with Crippen LogP contribution in [0.1, 0.15) is 11.1 Å². The van der Waals surface area contributed by atoms with Crippen molar-refractivity contribution in [1.82, 2.24) is 0 Å². The predicted octanol–water partition coefficient (Wildman–Crippen LogP) is 6.67. The van der Waals surface area contributed by atoms with Crippen LogP contribution in [0.5, 0.6) is 0 Å². The van der Waals surface area contributed by atoms with Gasteiger partial charge in [-0.1, -0.05) is 90.5 Å². The Balaban J connectivity index is 1.71. The zero-order chi connectivity index (χ0) is 19.3. The van der Waals surface area contributed by atoms with E-state index in [9.17, 15) is 4.79 Å². The van der Waals surface area contributed by atoms with E-state index >= 15 is 0 Å². The van der Waals surface area contributed by atoms with E-state index in [1.807, 2.05) is 103 Å². The predicted molar refractivity (Wildman–Crippen MR) is 118 cm³/mol. The standard InChI is InChI=1S/C25H18ClNO/c26-24-13-7-6-12-21(24)17-23(19-9-2-1-3-10-19)25(28)27-22-15-14-18-8-4-5-11-20(18)16-22/h1-17H,(H,27,28)/b23-17+. The van der Waals surface area contributed by atoms with Crippen LogP contribution in [0, 0.1) is 0 Å². The van der Waals surface area contributed by atoms with Gasteiger partial charge in [0.15, 0.2) is 0 Å². The van der Waals surface area contributed by atoms with Crippen LogP contribution in [0.15, 0.2) is 97.1 Å². The summed E-state index contributed by atoms with van der Waals surface area (Å²) in [4.78, 5) is 13.1. The highest BCUT2D eigenvalue weighted by atomic mass is 35.5. The largest absolute Gasteiger partial charge is 0.322 e. The smallest absolute Gasteiger partial charge is 0.256 e. The van der Waals surface area contributed by atoms with E-state index in [1.165, 1.54) is 0 Å². The van der Waals surface area contributed by atoms with Gasteiger partial charge in [-0.3, -0.25) is 4.79 Å². The van der Waals surface area contributed by atoms with Gasteiger partial charge in [-0.05, 0) is 46.2 Å². The van der Waals surface area contributed by atoms with Crippen molar-refractivity contribution in [1.29, 1.82) is 0 Å². The molecule has 0 unspecified atom stereocenters. The summed E-state index contributed by atoms with van der Waals surface area (Å²) >= 11 is 6.31. The molecular weight excluding hydrogens is 366 g/mol. The summed E-state index contributed by atoms with van der Waals surface area (Å²) in [5.41, 5.74) is 2.95. The molecule has 1 N–H and O–H groups in total. The maximum atomic E-state index is 13.1. The second kappa shape index (κ2) is 8.12. The minimum absolute atomic E-state index is 0.179. The molecule has 0 aliphatic rings. The quantitative estimate of drug-likeness (QED) is 0.309. The van der Waals surface area contributed by atoms with Gasteiger partial charge in [0, 0.05) is 16.3 Å². The summed E-state index contributed by atoms with van der Waals surface area (Å²) in [6.45, 7) is 0. The lowest BCUT2D eigenvalue weighted by atomic mass is 10.0. The number of amides is 1. The van der Waals surface area contributed by atoms with Crippen molar-refractivity contribution in [3.63, 3.8) is 0 Å². The summed E-state index contributed by atoms with van der Waals surface area (Å²) in [6, 6.07) is 31.1. The van der Waals surface area contributed by atoms with Gasteiger partial charge in [-0.15, -0.1) is 0 Å². The lowest BCUT2D eigenvalue weighted by Gasteiger charge is -2.11. The molecule has 4 aromatic rings. The Bertz CT molecular complexity index is 1170. The number of nitrogens with one attached hydrogen (secondary N) is 1. The number of hydrogen-bond donors (Lipinski definition) is 1. The van der Waals surface area contributed by atoms with E-state index in [4.69, 9.17) is 11.6 Å². The minimum Gasteiger partial charge on any atom is -0.322 e. The first-order chi connectivity index (χ1) is 13.7. The highest BCUT2D eigenvalue weighted by Gasteiger charge is 2.13. The fraction of sp³-hybridized carbons (Fsp3) is 0. The molecule has 1 amide bonds. The lowest BCUT2D eigenvalue weighted by Crippen LogP contribution is -2.13. The third kappa shape index (κ3) is 3.98. The molecule has 0 aliphatic carbocycles. The topological polar surface area (TPSA) is 29.1 Å². The van der Waals surface area contributed by atoms with Gasteiger partial charge in [0.05, 0.1) is 0 Å². The Hall–Kier alpha value is -3.36.